The minimum Gasteiger partial charge on any atom is -0.0856 e. The largest absolute Gasteiger partial charge is 0.0856 e. The van der Waals surface area contributed by atoms with Crippen molar-refractivity contribution in [3.8, 4) is 0 Å². The molecule has 0 heterocycles. The van der Waals surface area contributed by atoms with Crippen LogP contribution in [0.4, 0.5) is 0 Å². The van der Waals surface area contributed by atoms with E-state index in [-0.39, 0.29) is 0 Å². The molecular formula is C25H44. The molecule has 25 heavy (non-hydrogen) atoms. The van der Waals surface area contributed by atoms with Gasteiger partial charge in [0.25, 0.3) is 0 Å². The molecule has 0 spiro atoms. The zero-order chi connectivity index (χ0) is 19.4. The van der Waals surface area contributed by atoms with Gasteiger partial charge >= 0.3 is 0 Å². The highest BCUT2D eigenvalue weighted by Gasteiger charge is 2.22. The lowest BCUT2D eigenvalue weighted by Crippen LogP contribution is -2.19. The van der Waals surface area contributed by atoms with Gasteiger partial charge < -0.3 is 0 Å². The highest BCUT2D eigenvalue weighted by atomic mass is 14.3. The van der Waals surface area contributed by atoms with Gasteiger partial charge in [0.15, 0.2) is 0 Å². The topological polar surface area (TPSA) is 0 Å². The average Bonchev–Trinajstić information content (AvgIpc) is 2.53. The van der Waals surface area contributed by atoms with E-state index >= 15 is 0 Å². The maximum Gasteiger partial charge on any atom is -0.0143 e. The molecule has 0 fully saturated rings. The molecular weight excluding hydrogens is 300 g/mol. The molecule has 0 radical (unpaired) electrons. The van der Waals surface area contributed by atoms with Crippen LogP contribution in [-0.2, 0) is 0 Å². The molecule has 0 aliphatic heterocycles. The van der Waals surface area contributed by atoms with Gasteiger partial charge in [0, 0.05) is 0 Å². The quantitative estimate of drug-likeness (QED) is 0.329. The van der Waals surface area contributed by atoms with Crippen molar-refractivity contribution in [3.05, 3.63) is 46.6 Å². The van der Waals surface area contributed by atoms with Crippen molar-refractivity contribution in [2.24, 2.45) is 17.8 Å². The molecule has 0 nitrogen and oxygen atoms in total. The molecule has 0 aromatic rings. The van der Waals surface area contributed by atoms with Crippen LogP contribution in [0.5, 0.6) is 0 Å². The third-order valence-electron chi connectivity index (χ3n) is 5.54. The molecule has 144 valence electrons. The molecule has 0 aromatic carbocycles. The smallest absolute Gasteiger partial charge is 0.0143 e. The SMILES string of the molecule is CCC(C)C(C)C(CC=C(C)CCC=C(C)C)C(C)=CCC=C(C)C. The van der Waals surface area contributed by atoms with E-state index in [1.54, 1.807) is 5.57 Å². The van der Waals surface area contributed by atoms with Crippen LogP contribution < -0.4 is 0 Å². The third kappa shape index (κ3) is 11.2. The zero-order valence-corrected chi connectivity index (χ0v) is 18.6. The average molecular weight is 345 g/mol. The van der Waals surface area contributed by atoms with Crippen molar-refractivity contribution in [2.75, 3.05) is 0 Å². The lowest BCUT2D eigenvalue weighted by Gasteiger charge is -2.29. The van der Waals surface area contributed by atoms with Crippen molar-refractivity contribution < 1.29 is 0 Å². The minimum atomic E-state index is 0.666. The number of hydrogen-bond acceptors (Lipinski definition) is 0. The molecule has 3 atom stereocenters. The molecule has 0 bridgehead atoms. The summed E-state index contributed by atoms with van der Waals surface area (Å²) in [4.78, 5) is 0. The number of rotatable bonds is 11. The molecule has 0 aromatic heterocycles. The van der Waals surface area contributed by atoms with Gasteiger partial charge in [-0.05, 0) is 85.0 Å². The maximum absolute atomic E-state index is 2.50. The zero-order valence-electron chi connectivity index (χ0n) is 18.6. The summed E-state index contributed by atoms with van der Waals surface area (Å²) in [7, 11) is 0. The van der Waals surface area contributed by atoms with Gasteiger partial charge in [0.1, 0.15) is 0 Å². The highest BCUT2D eigenvalue weighted by molar-refractivity contribution is 5.12. The van der Waals surface area contributed by atoms with Crippen molar-refractivity contribution in [1.29, 1.82) is 0 Å². The van der Waals surface area contributed by atoms with Gasteiger partial charge in [-0.25, -0.2) is 0 Å². The van der Waals surface area contributed by atoms with Gasteiger partial charge in [-0.3, -0.25) is 0 Å². The van der Waals surface area contributed by atoms with E-state index in [4.69, 9.17) is 0 Å². The molecule has 3 unspecified atom stereocenters. The fourth-order valence-corrected chi connectivity index (χ4v) is 3.23. The lowest BCUT2D eigenvalue weighted by molar-refractivity contribution is 0.287. The van der Waals surface area contributed by atoms with Crippen molar-refractivity contribution in [1.82, 2.24) is 0 Å². The first-order chi connectivity index (χ1) is 11.7. The fraction of sp³-hybridized carbons (Fsp3) is 0.680. The first kappa shape index (κ1) is 24.0. The summed E-state index contributed by atoms with van der Waals surface area (Å²) in [5.74, 6) is 2.17. The van der Waals surface area contributed by atoms with Crippen LogP contribution >= 0.6 is 0 Å². The Labute approximate surface area is 159 Å². The second-order valence-corrected chi connectivity index (χ2v) is 8.42. The summed E-state index contributed by atoms with van der Waals surface area (Å²) in [6, 6.07) is 0. The van der Waals surface area contributed by atoms with E-state index in [0.29, 0.717) is 5.92 Å². The Balaban J connectivity index is 5.07. The Kier molecular flexibility index (Phi) is 12.7. The van der Waals surface area contributed by atoms with Crippen LogP contribution in [0.25, 0.3) is 0 Å². The van der Waals surface area contributed by atoms with Crippen LogP contribution in [0.3, 0.4) is 0 Å². The van der Waals surface area contributed by atoms with Gasteiger partial charge in [-0.15, -0.1) is 0 Å². The van der Waals surface area contributed by atoms with E-state index in [9.17, 15) is 0 Å². The van der Waals surface area contributed by atoms with Gasteiger partial charge in [-0.1, -0.05) is 73.8 Å². The number of hydrogen-bond donors (Lipinski definition) is 0. The van der Waals surface area contributed by atoms with Crippen molar-refractivity contribution >= 4 is 0 Å². The maximum atomic E-state index is 2.50. The molecule has 0 N–H and O–H groups in total. The van der Waals surface area contributed by atoms with Crippen LogP contribution in [0.2, 0.25) is 0 Å². The Hall–Kier alpha value is -1.04. The van der Waals surface area contributed by atoms with Gasteiger partial charge in [-0.2, -0.15) is 0 Å². The van der Waals surface area contributed by atoms with E-state index in [0.717, 1.165) is 18.3 Å². The lowest BCUT2D eigenvalue weighted by atomic mass is 9.76. The Morgan fingerprint density at radius 1 is 0.800 bits per heavy atom. The summed E-state index contributed by atoms with van der Waals surface area (Å²) in [6.45, 7) is 20.5. The molecule has 0 heteroatoms. The first-order valence-electron chi connectivity index (χ1n) is 10.3. The fourth-order valence-electron chi connectivity index (χ4n) is 3.23. The minimum absolute atomic E-state index is 0.666. The molecule has 0 rings (SSSR count). The Bertz CT molecular complexity index is 476. The van der Waals surface area contributed by atoms with Crippen molar-refractivity contribution in [3.63, 3.8) is 0 Å². The molecule has 0 aliphatic carbocycles. The van der Waals surface area contributed by atoms with Crippen molar-refractivity contribution in [2.45, 2.75) is 94.4 Å². The Morgan fingerprint density at radius 2 is 1.40 bits per heavy atom. The summed E-state index contributed by atoms with van der Waals surface area (Å²) < 4.78 is 0. The normalized spacial score (nSPS) is 16.2. The molecule has 0 saturated heterocycles. The van der Waals surface area contributed by atoms with Crippen LogP contribution in [0.1, 0.15) is 94.4 Å². The van der Waals surface area contributed by atoms with E-state index in [1.807, 2.05) is 0 Å². The summed E-state index contributed by atoms with van der Waals surface area (Å²) >= 11 is 0. The van der Waals surface area contributed by atoms with Crippen LogP contribution in [0.15, 0.2) is 46.6 Å². The van der Waals surface area contributed by atoms with E-state index < -0.39 is 0 Å². The molecule has 0 amide bonds. The monoisotopic (exact) mass is 344 g/mol. The van der Waals surface area contributed by atoms with E-state index in [2.05, 4.69) is 86.6 Å². The van der Waals surface area contributed by atoms with Gasteiger partial charge in [0.05, 0.1) is 0 Å². The molecule has 0 saturated carbocycles. The Morgan fingerprint density at radius 3 is 1.92 bits per heavy atom. The predicted molar refractivity (Wildman–Crippen MR) is 117 cm³/mol. The summed E-state index contributed by atoms with van der Waals surface area (Å²) in [6.07, 6.45) is 15.5. The standard InChI is InChI=1S/C25H44/c1-10-22(7)24(9)25(23(8)16-12-14-20(4)5)18-17-21(6)15-11-13-19(2)3/h13-14,16-17,22,24-25H,10-12,15,18H2,1-9H3. The van der Waals surface area contributed by atoms with Crippen LogP contribution in [0, 0.1) is 17.8 Å². The number of allylic oxidation sites excluding steroid dienone is 8. The second-order valence-electron chi connectivity index (χ2n) is 8.42. The molecule has 0 aliphatic rings. The second kappa shape index (κ2) is 13.2. The summed E-state index contributed by atoms with van der Waals surface area (Å²) in [5.41, 5.74) is 5.94. The highest BCUT2D eigenvalue weighted by Crippen LogP contribution is 2.32. The first-order valence-corrected chi connectivity index (χ1v) is 10.3. The van der Waals surface area contributed by atoms with Gasteiger partial charge in [0.2, 0.25) is 0 Å². The third-order valence-corrected chi connectivity index (χ3v) is 5.54. The van der Waals surface area contributed by atoms with E-state index in [1.165, 1.54) is 42.4 Å². The van der Waals surface area contributed by atoms with Crippen LogP contribution in [-0.4, -0.2) is 0 Å². The predicted octanol–water partition coefficient (Wildman–Crippen LogP) is 8.67. The summed E-state index contributed by atoms with van der Waals surface area (Å²) in [5, 5.41) is 0.